The number of amides is 3. The molecule has 4 rings (SSSR count). The van der Waals surface area contributed by atoms with Crippen molar-refractivity contribution in [3.8, 4) is 0 Å². The monoisotopic (exact) mass is 318 g/mol. The summed E-state index contributed by atoms with van der Waals surface area (Å²) >= 11 is 0. The highest BCUT2D eigenvalue weighted by Gasteiger charge is 2.50. The third kappa shape index (κ3) is 2.13. The van der Waals surface area contributed by atoms with Crippen molar-refractivity contribution in [1.82, 2.24) is 10.2 Å². The Balaban J connectivity index is 1.60. The van der Waals surface area contributed by atoms with Crippen molar-refractivity contribution in [3.63, 3.8) is 0 Å². The van der Waals surface area contributed by atoms with E-state index in [0.29, 0.717) is 11.1 Å². The third-order valence-corrected chi connectivity index (χ3v) is 4.32. The van der Waals surface area contributed by atoms with Gasteiger partial charge in [0.1, 0.15) is 6.04 Å². The molecule has 0 unspecified atom stereocenters. The first-order chi connectivity index (χ1) is 11.7. The van der Waals surface area contributed by atoms with E-state index in [2.05, 4.69) is 5.32 Å². The average molecular weight is 318 g/mol. The van der Waals surface area contributed by atoms with Gasteiger partial charge in [0.2, 0.25) is 5.91 Å². The quantitative estimate of drug-likeness (QED) is 0.694. The Hall–Kier alpha value is -3.21. The van der Waals surface area contributed by atoms with E-state index in [1.807, 2.05) is 42.5 Å². The topological polar surface area (TPSA) is 66.5 Å². The van der Waals surface area contributed by atoms with E-state index < -0.39 is 17.9 Å². The van der Waals surface area contributed by atoms with Gasteiger partial charge in [0.15, 0.2) is 0 Å². The molecule has 0 spiro atoms. The second-order valence-corrected chi connectivity index (χ2v) is 5.77. The molecule has 1 fully saturated rings. The zero-order chi connectivity index (χ0) is 16.7. The lowest BCUT2D eigenvalue weighted by Gasteiger charge is -2.39. The van der Waals surface area contributed by atoms with Crippen molar-refractivity contribution < 1.29 is 14.4 Å². The summed E-state index contributed by atoms with van der Waals surface area (Å²) < 4.78 is 0. The zero-order valence-electron chi connectivity index (χ0n) is 12.7. The lowest BCUT2D eigenvalue weighted by molar-refractivity contribution is -0.133. The minimum absolute atomic E-state index is 0.313. The Bertz CT molecular complexity index is 838. The summed E-state index contributed by atoms with van der Waals surface area (Å²) in [5, 5.41) is 2.74. The molecule has 0 aromatic heterocycles. The van der Waals surface area contributed by atoms with Crippen LogP contribution in [0.5, 0.6) is 0 Å². The van der Waals surface area contributed by atoms with Crippen LogP contribution < -0.4 is 5.32 Å². The predicted molar refractivity (Wildman–Crippen MR) is 88.1 cm³/mol. The Morgan fingerprint density at radius 1 is 0.833 bits per heavy atom. The van der Waals surface area contributed by atoms with Crippen LogP contribution in [0.1, 0.15) is 26.3 Å². The number of β-lactam (4-membered cyclic amide) rings is 1. The molecular weight excluding hydrogens is 304 g/mol. The highest BCUT2D eigenvalue weighted by atomic mass is 16.2. The van der Waals surface area contributed by atoms with Crippen LogP contribution in [0.25, 0.3) is 6.08 Å². The van der Waals surface area contributed by atoms with Crippen LogP contribution in [-0.2, 0) is 4.79 Å². The second kappa shape index (κ2) is 5.45. The van der Waals surface area contributed by atoms with Gasteiger partial charge in [-0.2, -0.15) is 0 Å². The van der Waals surface area contributed by atoms with Crippen LogP contribution in [0.15, 0.2) is 60.7 Å². The van der Waals surface area contributed by atoms with Crippen molar-refractivity contribution in [2.75, 3.05) is 0 Å². The van der Waals surface area contributed by atoms with Gasteiger partial charge in [0.05, 0.1) is 17.2 Å². The van der Waals surface area contributed by atoms with Crippen LogP contribution in [0, 0.1) is 0 Å². The van der Waals surface area contributed by atoms with Gasteiger partial charge >= 0.3 is 0 Å². The van der Waals surface area contributed by atoms with Gasteiger partial charge in [-0.15, -0.1) is 0 Å². The molecule has 5 heteroatoms. The minimum Gasteiger partial charge on any atom is -0.345 e. The van der Waals surface area contributed by atoms with E-state index in [-0.39, 0.29) is 11.9 Å². The number of benzene rings is 2. The fourth-order valence-electron chi connectivity index (χ4n) is 3.07. The Morgan fingerprint density at radius 2 is 1.42 bits per heavy atom. The first kappa shape index (κ1) is 14.4. The van der Waals surface area contributed by atoms with E-state index in [4.69, 9.17) is 0 Å². The Kier molecular flexibility index (Phi) is 3.27. The molecule has 2 atom stereocenters. The Labute approximate surface area is 138 Å². The number of carbonyl (C=O) groups is 3. The maximum absolute atomic E-state index is 12.5. The second-order valence-electron chi connectivity index (χ2n) is 5.77. The van der Waals surface area contributed by atoms with Crippen LogP contribution in [-0.4, -0.2) is 34.7 Å². The summed E-state index contributed by atoms with van der Waals surface area (Å²) in [6.45, 7) is 0. The minimum atomic E-state index is -0.794. The molecule has 0 radical (unpaired) electrons. The first-order valence-corrected chi connectivity index (χ1v) is 7.67. The number of imide groups is 1. The molecule has 3 amide bonds. The highest BCUT2D eigenvalue weighted by Crippen LogP contribution is 2.28. The number of carbonyl (C=O) groups excluding carboxylic acids is 3. The van der Waals surface area contributed by atoms with Crippen molar-refractivity contribution in [2.24, 2.45) is 0 Å². The fourth-order valence-corrected chi connectivity index (χ4v) is 3.07. The summed E-state index contributed by atoms with van der Waals surface area (Å²) in [6, 6.07) is 15.1. The molecule has 0 saturated carbocycles. The van der Waals surface area contributed by atoms with Gasteiger partial charge in [0.25, 0.3) is 11.8 Å². The summed E-state index contributed by atoms with van der Waals surface area (Å²) in [7, 11) is 0. The molecule has 2 aromatic rings. The molecule has 0 aliphatic carbocycles. The van der Waals surface area contributed by atoms with Crippen LogP contribution in [0.4, 0.5) is 0 Å². The lowest BCUT2D eigenvalue weighted by atomic mass is 9.96. The number of nitrogens with one attached hydrogen (secondary N) is 1. The number of fused-ring (bicyclic) bond motifs is 1. The predicted octanol–water partition coefficient (Wildman–Crippen LogP) is 1.86. The maximum Gasteiger partial charge on any atom is 0.262 e. The molecular formula is C19H14N2O3. The number of hydrogen-bond donors (Lipinski definition) is 1. The van der Waals surface area contributed by atoms with E-state index in [9.17, 15) is 14.4 Å². The van der Waals surface area contributed by atoms with Crippen LogP contribution >= 0.6 is 0 Å². The van der Waals surface area contributed by atoms with E-state index in [1.165, 1.54) is 0 Å². The van der Waals surface area contributed by atoms with Crippen molar-refractivity contribution >= 4 is 23.8 Å². The summed E-state index contributed by atoms with van der Waals surface area (Å²) in [5.41, 5.74) is 1.70. The van der Waals surface area contributed by atoms with Crippen molar-refractivity contribution in [2.45, 2.75) is 12.1 Å². The zero-order valence-corrected chi connectivity index (χ0v) is 12.7. The number of rotatable bonds is 3. The number of hydrogen-bond acceptors (Lipinski definition) is 3. The van der Waals surface area contributed by atoms with Crippen LogP contribution in [0.2, 0.25) is 0 Å². The SMILES string of the molecule is O=C1N[C@H](/C=C/c2ccccc2)[C@@H]1N1C(=O)c2ccccc2C1=O. The summed E-state index contributed by atoms with van der Waals surface area (Å²) in [6.07, 6.45) is 3.68. The smallest absolute Gasteiger partial charge is 0.262 e. The van der Waals surface area contributed by atoms with Crippen LogP contribution in [0.3, 0.4) is 0 Å². The number of nitrogens with zero attached hydrogens (tertiary/aromatic N) is 1. The molecule has 2 heterocycles. The van der Waals surface area contributed by atoms with E-state index >= 15 is 0 Å². The first-order valence-electron chi connectivity index (χ1n) is 7.67. The van der Waals surface area contributed by atoms with Gasteiger partial charge in [-0.05, 0) is 17.7 Å². The van der Waals surface area contributed by atoms with Crippen molar-refractivity contribution in [3.05, 3.63) is 77.4 Å². The fraction of sp³-hybridized carbons (Fsp3) is 0.105. The average Bonchev–Trinajstić information content (AvgIpc) is 2.85. The normalized spacial score (nSPS) is 22.5. The van der Waals surface area contributed by atoms with Gasteiger partial charge in [-0.1, -0.05) is 54.6 Å². The Morgan fingerprint density at radius 3 is 2.00 bits per heavy atom. The molecule has 0 bridgehead atoms. The molecule has 1 N–H and O–H groups in total. The summed E-state index contributed by atoms with van der Waals surface area (Å²) in [5.74, 6) is -1.13. The van der Waals surface area contributed by atoms with Gasteiger partial charge in [0, 0.05) is 0 Å². The van der Waals surface area contributed by atoms with E-state index in [0.717, 1.165) is 10.5 Å². The van der Waals surface area contributed by atoms with Gasteiger partial charge < -0.3 is 5.32 Å². The van der Waals surface area contributed by atoms with Gasteiger partial charge in [-0.3, -0.25) is 19.3 Å². The standard InChI is InChI=1S/C19H14N2O3/c22-17-16(15(20-17)11-10-12-6-2-1-3-7-12)21-18(23)13-8-4-5-9-14(13)19(21)24/h1-11,15-16H,(H,20,22)/b11-10+/t15-,16+/m1/s1. The molecule has 24 heavy (non-hydrogen) atoms. The molecule has 2 aromatic carbocycles. The van der Waals surface area contributed by atoms with E-state index in [1.54, 1.807) is 24.3 Å². The van der Waals surface area contributed by atoms with Gasteiger partial charge in [-0.25, -0.2) is 0 Å². The molecule has 118 valence electrons. The van der Waals surface area contributed by atoms with Crippen molar-refractivity contribution in [1.29, 1.82) is 0 Å². The summed E-state index contributed by atoms with van der Waals surface area (Å²) in [4.78, 5) is 38.1. The molecule has 5 nitrogen and oxygen atoms in total. The third-order valence-electron chi connectivity index (χ3n) is 4.32. The lowest BCUT2D eigenvalue weighted by Crippen LogP contribution is -2.69. The highest BCUT2D eigenvalue weighted by molar-refractivity contribution is 6.23. The maximum atomic E-state index is 12.5. The molecule has 1 saturated heterocycles. The molecule has 2 aliphatic rings. The molecule has 2 aliphatic heterocycles. The largest absolute Gasteiger partial charge is 0.345 e.